The van der Waals surface area contributed by atoms with Gasteiger partial charge < -0.3 is 5.48 Å². The molecule has 4 heteroatoms. The molecule has 4 heavy (non-hydrogen) atoms. The van der Waals surface area contributed by atoms with Gasteiger partial charge in [-0.1, -0.05) is 0 Å². The van der Waals surface area contributed by atoms with E-state index in [-0.39, 0.29) is 51.7 Å². The Hall–Kier alpha value is 1.48. The van der Waals surface area contributed by atoms with Crippen molar-refractivity contribution in [2.75, 3.05) is 0 Å². The Bertz CT molecular complexity index is 8.00. The zero-order valence-corrected chi connectivity index (χ0v) is 7.20. The van der Waals surface area contributed by atoms with Crippen LogP contribution in [-0.2, 0) is 0 Å². The van der Waals surface area contributed by atoms with Gasteiger partial charge in [-0.3, -0.25) is 0 Å². The van der Waals surface area contributed by atoms with Gasteiger partial charge in [-0.15, -0.1) is 12.4 Å². The zero-order valence-electron chi connectivity index (χ0n) is 2.12. The van der Waals surface area contributed by atoms with Gasteiger partial charge in [-0.05, 0) is 0 Å². The first-order valence-corrected chi connectivity index (χ1v) is 0. The van der Waals surface area contributed by atoms with Gasteiger partial charge in [0, 0.05) is 23.9 Å². The van der Waals surface area contributed by atoms with E-state index in [4.69, 9.17) is 0 Å². The Balaban J connectivity index is 0. The number of hydrogen-bond donors (Lipinski definition) is 0. The van der Waals surface area contributed by atoms with Crippen molar-refractivity contribution in [2.45, 2.75) is 0 Å². The molecule has 0 rings (SSSR count). The Labute approximate surface area is 51.8 Å². The third kappa shape index (κ3) is 9.77. The fraction of sp³-hybridized carbons (Fsp3) is 0. The molecule has 2 N–H and O–H groups in total. The predicted octanol–water partition coefficient (Wildman–Crippen LogP) is -0.726. The van der Waals surface area contributed by atoms with Crippen LogP contribution >= 0.6 is 22.3 Å². The van der Waals surface area contributed by atoms with Gasteiger partial charge in [0.2, 0.25) is 0 Å². The van der Waals surface area contributed by atoms with E-state index in [1.807, 2.05) is 0 Å². The molecular formula is H6ClOPSn. The molecule has 28 valence electrons. The van der Waals surface area contributed by atoms with Crippen LogP contribution in [0, 0.1) is 0 Å². The maximum Gasteiger partial charge on any atom is 0 e. The summed E-state index contributed by atoms with van der Waals surface area (Å²) in [5, 5.41) is 0. The first-order valence-electron chi connectivity index (χ1n) is 0. The summed E-state index contributed by atoms with van der Waals surface area (Å²) in [6.45, 7) is 0. The third-order valence-corrected chi connectivity index (χ3v) is 0. The average molecular weight is 207 g/mol. The van der Waals surface area contributed by atoms with Crippen LogP contribution in [0.15, 0.2) is 0 Å². The molecule has 0 aromatic heterocycles. The summed E-state index contributed by atoms with van der Waals surface area (Å²) in [5.74, 6) is 0. The summed E-state index contributed by atoms with van der Waals surface area (Å²) in [5.41, 5.74) is 0. The van der Waals surface area contributed by atoms with Crippen molar-refractivity contribution in [3.63, 3.8) is 0 Å². The van der Waals surface area contributed by atoms with Crippen LogP contribution in [0.5, 0.6) is 0 Å². The summed E-state index contributed by atoms with van der Waals surface area (Å²) in [4.78, 5) is 0. The van der Waals surface area contributed by atoms with Crippen molar-refractivity contribution in [1.29, 1.82) is 0 Å². The molecule has 4 radical (unpaired) electrons. The molecule has 0 aromatic rings. The minimum atomic E-state index is 0. The molecular weight excluding hydrogens is 201 g/mol. The van der Waals surface area contributed by atoms with E-state index in [1.165, 1.54) is 0 Å². The standard InChI is InChI=1S/ClH.H2O.H3P.Sn/h1H;1H2;1H3;. The van der Waals surface area contributed by atoms with Gasteiger partial charge in [0.15, 0.2) is 0 Å². The second-order valence-electron chi connectivity index (χ2n) is 0. The Morgan fingerprint density at radius 1 is 1.00 bits per heavy atom. The average Bonchev–Trinajstić information content (AvgIpc) is 0. The topological polar surface area (TPSA) is 31.5 Å². The van der Waals surface area contributed by atoms with Gasteiger partial charge in [-0.2, -0.15) is 9.90 Å². The van der Waals surface area contributed by atoms with E-state index < -0.39 is 0 Å². The predicted molar refractivity (Wildman–Crippen MR) is 27.7 cm³/mol. The first-order chi connectivity index (χ1) is 0. The molecule has 0 bridgehead atoms. The summed E-state index contributed by atoms with van der Waals surface area (Å²) >= 11 is 0. The molecule has 0 fully saturated rings. The zero-order chi connectivity index (χ0) is 0. The van der Waals surface area contributed by atoms with E-state index in [9.17, 15) is 0 Å². The summed E-state index contributed by atoms with van der Waals surface area (Å²) in [7, 11) is 0. The van der Waals surface area contributed by atoms with E-state index >= 15 is 0 Å². The van der Waals surface area contributed by atoms with Gasteiger partial charge in [0.05, 0.1) is 0 Å². The SMILES string of the molecule is Cl.O.P.[Sn]. The molecule has 0 aromatic carbocycles. The van der Waals surface area contributed by atoms with Gasteiger partial charge in [-0.25, -0.2) is 0 Å². The summed E-state index contributed by atoms with van der Waals surface area (Å²) in [6.07, 6.45) is 0. The number of rotatable bonds is 0. The Kier molecular flexibility index (Phi) is 311. The summed E-state index contributed by atoms with van der Waals surface area (Å²) in [6, 6.07) is 0. The number of halogens is 1. The van der Waals surface area contributed by atoms with Crippen LogP contribution in [0.25, 0.3) is 0 Å². The van der Waals surface area contributed by atoms with Crippen LogP contribution in [0.3, 0.4) is 0 Å². The van der Waals surface area contributed by atoms with Gasteiger partial charge in [0.1, 0.15) is 0 Å². The smallest absolute Gasteiger partial charge is 0 e. The monoisotopic (exact) mass is 208 g/mol. The van der Waals surface area contributed by atoms with Crippen molar-refractivity contribution in [2.24, 2.45) is 0 Å². The van der Waals surface area contributed by atoms with Crippen molar-refractivity contribution in [3.8, 4) is 0 Å². The van der Waals surface area contributed by atoms with E-state index in [2.05, 4.69) is 0 Å². The summed E-state index contributed by atoms with van der Waals surface area (Å²) < 4.78 is 0. The van der Waals surface area contributed by atoms with Gasteiger partial charge >= 0.3 is 0 Å². The van der Waals surface area contributed by atoms with Crippen molar-refractivity contribution >= 4 is 46.2 Å². The first kappa shape index (κ1) is 50.3. The molecule has 0 aliphatic carbocycles. The van der Waals surface area contributed by atoms with Crippen LogP contribution < -0.4 is 0 Å². The second kappa shape index (κ2) is 24.8. The van der Waals surface area contributed by atoms with E-state index in [1.54, 1.807) is 0 Å². The van der Waals surface area contributed by atoms with Crippen molar-refractivity contribution < 1.29 is 5.48 Å². The van der Waals surface area contributed by atoms with Gasteiger partial charge in [0.25, 0.3) is 0 Å². The minimum Gasteiger partial charge on any atom is -0.412 e. The van der Waals surface area contributed by atoms with Crippen LogP contribution in [0.1, 0.15) is 0 Å². The normalized spacial score (nSPS) is 0. The Morgan fingerprint density at radius 2 is 1.00 bits per heavy atom. The quantitative estimate of drug-likeness (QED) is 0.371. The maximum absolute atomic E-state index is 0. The molecule has 0 amide bonds. The molecule has 0 aliphatic rings. The van der Waals surface area contributed by atoms with Crippen LogP contribution in [0.2, 0.25) is 0 Å². The van der Waals surface area contributed by atoms with Crippen LogP contribution in [0.4, 0.5) is 0 Å². The second-order valence-corrected chi connectivity index (χ2v) is 0. The van der Waals surface area contributed by atoms with Crippen LogP contribution in [-0.4, -0.2) is 29.4 Å². The fourth-order valence-electron chi connectivity index (χ4n) is 0. The third-order valence-electron chi connectivity index (χ3n) is 0. The van der Waals surface area contributed by atoms with Crippen molar-refractivity contribution in [3.05, 3.63) is 0 Å². The molecule has 1 atom stereocenters. The molecule has 0 aliphatic heterocycles. The molecule has 0 heterocycles. The van der Waals surface area contributed by atoms with E-state index in [0.717, 1.165) is 0 Å². The maximum atomic E-state index is 0. The Morgan fingerprint density at radius 3 is 1.00 bits per heavy atom. The minimum absolute atomic E-state index is 0. The number of hydrogen-bond acceptors (Lipinski definition) is 0. The van der Waals surface area contributed by atoms with Crippen molar-refractivity contribution in [1.82, 2.24) is 0 Å². The largest absolute Gasteiger partial charge is 0.412 e. The molecule has 0 spiro atoms. The van der Waals surface area contributed by atoms with E-state index in [0.29, 0.717) is 0 Å². The molecule has 1 unspecified atom stereocenters. The molecule has 0 saturated carbocycles. The fourth-order valence-corrected chi connectivity index (χ4v) is 0. The molecule has 0 saturated heterocycles. The molecule has 1 nitrogen and oxygen atoms in total.